The number of H-pyrrole nitrogens is 1. The maximum absolute atomic E-state index is 12.0. The van der Waals surface area contributed by atoms with Crippen molar-refractivity contribution in [3.05, 3.63) is 95.3 Å². The van der Waals surface area contributed by atoms with E-state index in [0.717, 1.165) is 33.3 Å². The number of nitrogens with zero attached hydrogens (tertiary/aromatic N) is 2. The minimum Gasteiger partial charge on any atom is -0.465 e. The Kier molecular flexibility index (Phi) is 5.74. The lowest BCUT2D eigenvalue weighted by atomic mass is 10.0. The van der Waals surface area contributed by atoms with Crippen LogP contribution < -0.4 is 4.74 Å². The first kappa shape index (κ1) is 21.7. The molecule has 34 heavy (non-hydrogen) atoms. The largest absolute Gasteiger partial charge is 0.465 e. The van der Waals surface area contributed by atoms with Gasteiger partial charge in [0.15, 0.2) is 0 Å². The maximum Gasteiger partial charge on any atom is 0.338 e. The van der Waals surface area contributed by atoms with Gasteiger partial charge in [-0.25, -0.2) is 4.79 Å². The Morgan fingerprint density at radius 1 is 0.912 bits per heavy atom. The van der Waals surface area contributed by atoms with Crippen LogP contribution >= 0.6 is 11.6 Å². The smallest absolute Gasteiger partial charge is 0.338 e. The summed E-state index contributed by atoms with van der Waals surface area (Å²) in [5, 5.41) is 0.600. The van der Waals surface area contributed by atoms with Crippen LogP contribution in [-0.2, 0) is 4.74 Å². The number of hydrogen-bond donors (Lipinski definition) is 1. The van der Waals surface area contributed by atoms with Crippen LogP contribution in [0.5, 0.6) is 11.8 Å². The number of aromatic nitrogens is 3. The van der Waals surface area contributed by atoms with Crippen LogP contribution in [0.15, 0.2) is 79.1 Å². The van der Waals surface area contributed by atoms with E-state index in [0.29, 0.717) is 27.9 Å². The molecule has 0 spiro atoms. The van der Waals surface area contributed by atoms with Gasteiger partial charge in [0.25, 0.3) is 6.01 Å². The minimum atomic E-state index is -0.418. The van der Waals surface area contributed by atoms with Crippen molar-refractivity contribution in [2.45, 2.75) is 6.92 Å². The summed E-state index contributed by atoms with van der Waals surface area (Å²) in [5.74, 6) is 0.0574. The highest BCUT2D eigenvalue weighted by Crippen LogP contribution is 2.34. The Morgan fingerprint density at radius 3 is 2.35 bits per heavy atom. The molecular formula is C27H20ClN3O3. The van der Waals surface area contributed by atoms with Gasteiger partial charge in [0.05, 0.1) is 28.7 Å². The van der Waals surface area contributed by atoms with Crippen molar-refractivity contribution < 1.29 is 14.3 Å². The van der Waals surface area contributed by atoms with Crippen LogP contribution in [0.1, 0.15) is 15.9 Å². The van der Waals surface area contributed by atoms with Crippen molar-refractivity contribution in [2.24, 2.45) is 0 Å². The quantitative estimate of drug-likeness (QED) is 0.285. The van der Waals surface area contributed by atoms with E-state index in [2.05, 4.69) is 27.1 Å². The Labute approximate surface area is 201 Å². The zero-order valence-electron chi connectivity index (χ0n) is 18.5. The third-order valence-electron chi connectivity index (χ3n) is 5.59. The Morgan fingerprint density at radius 2 is 1.62 bits per heavy atom. The number of aromatic amines is 1. The molecule has 0 aliphatic carbocycles. The SMILES string of the molecule is COC(=O)c1cc(Oc2nc3cc(-c4ccc(-c5ccncc5)cc4)c(Cl)cc3[nH]2)ccc1C. The van der Waals surface area contributed by atoms with Crippen molar-refractivity contribution >= 4 is 28.6 Å². The monoisotopic (exact) mass is 469 g/mol. The van der Waals surface area contributed by atoms with Gasteiger partial charge in [-0.2, -0.15) is 4.98 Å². The predicted molar refractivity (Wildman–Crippen MR) is 132 cm³/mol. The van der Waals surface area contributed by atoms with Crippen LogP contribution in [-0.4, -0.2) is 28.0 Å². The second-order valence-electron chi connectivity index (χ2n) is 7.77. The molecule has 0 saturated carbocycles. The van der Waals surface area contributed by atoms with Gasteiger partial charge in [0, 0.05) is 18.0 Å². The molecule has 5 rings (SSSR count). The van der Waals surface area contributed by atoms with E-state index in [-0.39, 0.29) is 0 Å². The molecule has 2 aromatic heterocycles. The third kappa shape index (κ3) is 4.23. The number of nitrogens with one attached hydrogen (secondary N) is 1. The van der Waals surface area contributed by atoms with Gasteiger partial charge in [0.1, 0.15) is 5.75 Å². The number of carbonyl (C=O) groups excluding carboxylic acids is 1. The minimum absolute atomic E-state index is 0.302. The Balaban J connectivity index is 1.44. The van der Waals surface area contributed by atoms with E-state index < -0.39 is 5.97 Å². The lowest BCUT2D eigenvalue weighted by Gasteiger charge is -2.07. The molecule has 0 amide bonds. The molecular weight excluding hydrogens is 450 g/mol. The van der Waals surface area contributed by atoms with E-state index >= 15 is 0 Å². The highest BCUT2D eigenvalue weighted by atomic mass is 35.5. The lowest BCUT2D eigenvalue weighted by molar-refractivity contribution is 0.0599. The summed E-state index contributed by atoms with van der Waals surface area (Å²) in [6.07, 6.45) is 3.55. The second-order valence-corrected chi connectivity index (χ2v) is 8.18. The average Bonchev–Trinajstić information content (AvgIpc) is 3.25. The summed E-state index contributed by atoms with van der Waals surface area (Å²) < 4.78 is 10.7. The van der Waals surface area contributed by atoms with Crippen LogP contribution in [0.25, 0.3) is 33.3 Å². The molecule has 0 atom stereocenters. The van der Waals surface area contributed by atoms with E-state index in [1.54, 1.807) is 30.6 Å². The van der Waals surface area contributed by atoms with Crippen LogP contribution in [0.2, 0.25) is 5.02 Å². The number of carbonyl (C=O) groups is 1. The average molecular weight is 470 g/mol. The molecule has 5 aromatic rings. The lowest BCUT2D eigenvalue weighted by Crippen LogP contribution is -2.04. The highest BCUT2D eigenvalue weighted by Gasteiger charge is 2.14. The number of rotatable bonds is 5. The highest BCUT2D eigenvalue weighted by molar-refractivity contribution is 6.34. The van der Waals surface area contributed by atoms with E-state index in [9.17, 15) is 4.79 Å². The number of imidazole rings is 1. The third-order valence-corrected chi connectivity index (χ3v) is 5.90. The van der Waals surface area contributed by atoms with Gasteiger partial charge in [-0.15, -0.1) is 0 Å². The fourth-order valence-corrected chi connectivity index (χ4v) is 4.04. The Hall–Kier alpha value is -4.16. The molecule has 2 heterocycles. The van der Waals surface area contributed by atoms with Crippen molar-refractivity contribution in [3.63, 3.8) is 0 Å². The first-order chi connectivity index (χ1) is 16.5. The van der Waals surface area contributed by atoms with Gasteiger partial charge in [-0.1, -0.05) is 41.9 Å². The molecule has 0 radical (unpaired) electrons. The number of ether oxygens (including phenoxy) is 2. The second kappa shape index (κ2) is 9.00. The molecule has 0 aliphatic heterocycles. The molecule has 168 valence electrons. The zero-order chi connectivity index (χ0) is 23.7. The van der Waals surface area contributed by atoms with E-state index in [4.69, 9.17) is 21.1 Å². The van der Waals surface area contributed by atoms with Crippen molar-refractivity contribution in [1.29, 1.82) is 0 Å². The van der Waals surface area contributed by atoms with Crippen LogP contribution in [0.4, 0.5) is 0 Å². The fourth-order valence-electron chi connectivity index (χ4n) is 3.77. The van der Waals surface area contributed by atoms with Crippen LogP contribution in [0.3, 0.4) is 0 Å². The number of halogens is 1. The number of pyridine rings is 1. The van der Waals surface area contributed by atoms with Crippen LogP contribution in [0, 0.1) is 6.92 Å². The van der Waals surface area contributed by atoms with Crippen molar-refractivity contribution in [3.8, 4) is 34.0 Å². The first-order valence-corrected chi connectivity index (χ1v) is 11.0. The summed E-state index contributed by atoms with van der Waals surface area (Å²) in [7, 11) is 1.35. The molecule has 3 aromatic carbocycles. The summed E-state index contributed by atoms with van der Waals surface area (Å²) in [6.45, 7) is 1.84. The topological polar surface area (TPSA) is 77.1 Å². The number of methoxy groups -OCH3 is 1. The molecule has 0 aliphatic rings. The van der Waals surface area contributed by atoms with Gasteiger partial charge in [0.2, 0.25) is 0 Å². The van der Waals surface area contributed by atoms with Crippen molar-refractivity contribution in [1.82, 2.24) is 15.0 Å². The van der Waals surface area contributed by atoms with Gasteiger partial charge in [-0.05, 0) is 65.6 Å². The summed E-state index contributed by atoms with van der Waals surface area (Å²) in [4.78, 5) is 23.7. The molecule has 0 bridgehead atoms. The fraction of sp³-hybridized carbons (Fsp3) is 0.0741. The van der Waals surface area contributed by atoms with Gasteiger partial charge < -0.3 is 14.5 Å². The normalized spacial score (nSPS) is 10.9. The number of benzene rings is 3. The summed E-state index contributed by atoms with van der Waals surface area (Å²) >= 11 is 6.60. The maximum atomic E-state index is 12.0. The molecule has 1 N–H and O–H groups in total. The summed E-state index contributed by atoms with van der Waals surface area (Å²) in [6, 6.07) is 21.4. The number of fused-ring (bicyclic) bond motifs is 1. The van der Waals surface area contributed by atoms with E-state index in [1.165, 1.54) is 7.11 Å². The summed E-state index contributed by atoms with van der Waals surface area (Å²) in [5.41, 5.74) is 6.76. The molecule has 0 fully saturated rings. The number of hydrogen-bond acceptors (Lipinski definition) is 5. The Bertz CT molecular complexity index is 1500. The molecule has 6 nitrogen and oxygen atoms in total. The number of aryl methyl sites for hydroxylation is 1. The van der Waals surface area contributed by atoms with Gasteiger partial charge in [-0.3, -0.25) is 4.98 Å². The number of esters is 1. The molecule has 0 saturated heterocycles. The zero-order valence-corrected chi connectivity index (χ0v) is 19.3. The van der Waals surface area contributed by atoms with Crippen molar-refractivity contribution in [2.75, 3.05) is 7.11 Å². The predicted octanol–water partition coefficient (Wildman–Crippen LogP) is 6.83. The van der Waals surface area contributed by atoms with E-state index in [1.807, 2.05) is 43.3 Å². The van der Waals surface area contributed by atoms with Gasteiger partial charge >= 0.3 is 5.97 Å². The first-order valence-electron chi connectivity index (χ1n) is 10.6. The molecule has 7 heteroatoms. The standard InChI is InChI=1S/C27H20ClN3O3/c1-16-3-8-20(13-21(16)26(32)33-2)34-27-30-24-14-22(23(28)15-25(24)31-27)19-6-4-17(5-7-19)18-9-11-29-12-10-18/h3-15H,1-2H3,(H,30,31). The molecule has 0 unspecified atom stereocenters.